The van der Waals surface area contributed by atoms with Gasteiger partial charge in [-0.3, -0.25) is 4.79 Å². The van der Waals surface area contributed by atoms with E-state index in [1.807, 2.05) is 18.2 Å². The average Bonchev–Trinajstić information content (AvgIpc) is 3.54. The van der Waals surface area contributed by atoms with Crippen LogP contribution in [0.1, 0.15) is 63.8 Å². The first-order chi connectivity index (χ1) is 18.0. The van der Waals surface area contributed by atoms with Gasteiger partial charge in [0, 0.05) is 27.5 Å². The van der Waals surface area contributed by atoms with Crippen LogP contribution in [0.4, 0.5) is 10.7 Å². The maximum Gasteiger partial charge on any atom is 0.205 e. The lowest BCUT2D eigenvalue weighted by molar-refractivity contribution is 0.104. The van der Waals surface area contributed by atoms with Crippen molar-refractivity contribution in [2.24, 2.45) is 10.7 Å². The van der Waals surface area contributed by atoms with E-state index in [1.165, 1.54) is 17.8 Å². The van der Waals surface area contributed by atoms with Gasteiger partial charge in [0.1, 0.15) is 26.5 Å². The van der Waals surface area contributed by atoms with Gasteiger partial charge in [0.15, 0.2) is 0 Å². The topological polar surface area (TPSA) is 104 Å². The van der Waals surface area contributed by atoms with Crippen LogP contribution in [0.3, 0.4) is 0 Å². The summed E-state index contributed by atoms with van der Waals surface area (Å²) in [4.78, 5) is 24.0. The van der Waals surface area contributed by atoms with Gasteiger partial charge in [0.05, 0.1) is 24.4 Å². The Morgan fingerprint density at radius 2 is 1.76 bits per heavy atom. The van der Waals surface area contributed by atoms with Crippen molar-refractivity contribution in [2.45, 2.75) is 43.4 Å². The molecule has 8 heteroatoms. The van der Waals surface area contributed by atoms with Crippen molar-refractivity contribution in [1.82, 2.24) is 4.98 Å². The molecule has 0 amide bonds. The summed E-state index contributed by atoms with van der Waals surface area (Å²) in [6, 6.07) is 17.3. The number of benzene rings is 2. The van der Waals surface area contributed by atoms with Gasteiger partial charge < -0.3 is 16.2 Å². The van der Waals surface area contributed by atoms with E-state index in [4.69, 9.17) is 26.2 Å². The second-order valence-electron chi connectivity index (χ2n) is 9.71. The molecule has 1 fully saturated rings. The van der Waals surface area contributed by atoms with E-state index in [0.29, 0.717) is 27.7 Å². The molecule has 2 aromatic heterocycles. The highest BCUT2D eigenvalue weighted by molar-refractivity contribution is 7.18. The monoisotopic (exact) mass is 528 g/mol. The molecule has 0 saturated heterocycles. The molecule has 37 heavy (non-hydrogen) atoms. The van der Waals surface area contributed by atoms with Crippen LogP contribution in [0.15, 0.2) is 65.0 Å². The first-order valence-electron chi connectivity index (χ1n) is 12.5. The number of hydrogen-bond donors (Lipinski definition) is 2. The molecule has 1 spiro atoms. The van der Waals surface area contributed by atoms with Gasteiger partial charge in [-0.05, 0) is 37.1 Å². The lowest BCUT2D eigenvalue weighted by Gasteiger charge is -2.45. The molecule has 1 saturated carbocycles. The zero-order chi connectivity index (χ0) is 25.6. The van der Waals surface area contributed by atoms with Gasteiger partial charge in [-0.1, -0.05) is 49.6 Å². The van der Waals surface area contributed by atoms with Crippen molar-refractivity contribution in [3.63, 3.8) is 0 Å². The van der Waals surface area contributed by atoms with Crippen LogP contribution in [0, 0.1) is 0 Å². The molecule has 1 aliphatic heterocycles. The summed E-state index contributed by atoms with van der Waals surface area (Å²) in [5, 5.41) is 3.82. The number of thiophene rings is 1. The van der Waals surface area contributed by atoms with Crippen LogP contribution in [0.25, 0.3) is 11.3 Å². The molecule has 6 rings (SSSR count). The smallest absolute Gasteiger partial charge is 0.205 e. The number of ketones is 1. The third-order valence-corrected chi connectivity index (χ3v) is 9.65. The first-order valence-corrected chi connectivity index (χ1v) is 14.2. The third-order valence-electron chi connectivity index (χ3n) is 7.65. The van der Waals surface area contributed by atoms with Crippen molar-refractivity contribution in [3.05, 3.63) is 81.0 Å². The Bertz CT molecular complexity index is 1480. The fourth-order valence-corrected chi connectivity index (χ4v) is 8.13. The summed E-state index contributed by atoms with van der Waals surface area (Å²) in [7, 11) is 1.61. The minimum atomic E-state index is -0.315. The molecule has 0 radical (unpaired) electrons. The number of ether oxygens (including phenoxy) is 1. The van der Waals surface area contributed by atoms with Gasteiger partial charge >= 0.3 is 0 Å². The Labute approximate surface area is 224 Å². The standard InChI is InChI=1S/C29H28N4O2S2/c1-35-19-12-10-18(11-13-19)24(34)25-23(30)21-28(37-25)33-26(31)22(29(21)14-6-3-7-15-29)27-32-20(16-36-27)17-8-4-2-5-9-17/h2,4-5,8-13,16,22H,3,6-7,14-15,30H2,1H3,(H2,31,33). The largest absolute Gasteiger partial charge is 0.497 e. The highest BCUT2D eigenvalue weighted by Gasteiger charge is 2.51. The highest BCUT2D eigenvalue weighted by atomic mass is 32.1. The second kappa shape index (κ2) is 9.43. The van der Waals surface area contributed by atoms with Crippen LogP contribution < -0.4 is 16.2 Å². The normalized spacial score (nSPS) is 18.3. The number of aromatic nitrogens is 1. The number of carbonyl (C=O) groups is 1. The zero-order valence-electron chi connectivity index (χ0n) is 20.6. The Balaban J connectivity index is 1.45. The molecule has 6 nitrogen and oxygen atoms in total. The molecule has 4 N–H and O–H groups in total. The average molecular weight is 529 g/mol. The van der Waals surface area contributed by atoms with Crippen molar-refractivity contribution in [2.75, 3.05) is 12.8 Å². The summed E-state index contributed by atoms with van der Waals surface area (Å²) >= 11 is 2.98. The molecule has 3 heterocycles. The van der Waals surface area contributed by atoms with Crippen LogP contribution >= 0.6 is 22.7 Å². The van der Waals surface area contributed by atoms with Gasteiger partial charge in [-0.2, -0.15) is 0 Å². The number of carbonyl (C=O) groups excluding carboxylic acids is 1. The number of fused-ring (bicyclic) bond motifs is 2. The minimum absolute atomic E-state index is 0.101. The predicted octanol–water partition coefficient (Wildman–Crippen LogP) is 6.68. The third kappa shape index (κ3) is 3.95. The number of rotatable bonds is 5. The maximum absolute atomic E-state index is 13.5. The number of nitrogen functional groups attached to an aromatic ring is 1. The van der Waals surface area contributed by atoms with Gasteiger partial charge in [0.2, 0.25) is 5.78 Å². The molecule has 0 bridgehead atoms. The Kier molecular flexibility index (Phi) is 6.09. The SMILES string of the molecule is COc1ccc(C(=O)c2sc3c(c2N)C2(CCCCC2)C(c2nc(-c4ccccc4)cs2)C(N)=N3)cc1. The second-order valence-corrected chi connectivity index (χ2v) is 11.6. The Morgan fingerprint density at radius 1 is 1.03 bits per heavy atom. The van der Waals surface area contributed by atoms with E-state index < -0.39 is 0 Å². The van der Waals surface area contributed by atoms with Crippen LogP contribution in [0.2, 0.25) is 0 Å². The lowest BCUT2D eigenvalue weighted by Crippen LogP contribution is -2.44. The fraction of sp³-hybridized carbons (Fsp3) is 0.276. The molecule has 1 unspecified atom stereocenters. The van der Waals surface area contributed by atoms with E-state index in [0.717, 1.165) is 52.5 Å². The minimum Gasteiger partial charge on any atom is -0.497 e. The molecule has 2 aliphatic rings. The number of nitrogens with zero attached hydrogens (tertiary/aromatic N) is 2. The molecule has 1 aliphatic carbocycles. The van der Waals surface area contributed by atoms with Crippen LogP contribution in [-0.4, -0.2) is 23.7 Å². The van der Waals surface area contributed by atoms with Crippen LogP contribution in [-0.2, 0) is 5.41 Å². The summed E-state index contributed by atoms with van der Waals surface area (Å²) in [5.74, 6) is 1.00. The predicted molar refractivity (Wildman–Crippen MR) is 151 cm³/mol. The van der Waals surface area contributed by atoms with Gasteiger partial charge in [-0.15, -0.1) is 22.7 Å². The molecule has 4 aromatic rings. The summed E-state index contributed by atoms with van der Waals surface area (Å²) in [5.41, 5.74) is 17.4. The number of nitrogens with two attached hydrogens (primary N) is 2. The fourth-order valence-electron chi connectivity index (χ4n) is 5.89. The van der Waals surface area contributed by atoms with Gasteiger partial charge in [0.25, 0.3) is 0 Å². The van der Waals surface area contributed by atoms with Crippen molar-refractivity contribution < 1.29 is 9.53 Å². The quantitative estimate of drug-likeness (QED) is 0.281. The number of hydrogen-bond acceptors (Lipinski definition) is 8. The lowest BCUT2D eigenvalue weighted by atomic mass is 9.60. The van der Waals surface area contributed by atoms with Crippen molar-refractivity contribution in [3.8, 4) is 17.0 Å². The highest BCUT2D eigenvalue weighted by Crippen LogP contribution is 2.59. The molecular weight excluding hydrogens is 500 g/mol. The number of methoxy groups -OCH3 is 1. The number of anilines is 1. The number of amidine groups is 1. The van der Waals surface area contributed by atoms with E-state index >= 15 is 0 Å². The zero-order valence-corrected chi connectivity index (χ0v) is 22.2. The van der Waals surface area contributed by atoms with E-state index in [-0.39, 0.29) is 17.1 Å². The molecule has 188 valence electrons. The summed E-state index contributed by atoms with van der Waals surface area (Å²) in [6.45, 7) is 0. The number of aliphatic imine (C=N–C) groups is 1. The summed E-state index contributed by atoms with van der Waals surface area (Å²) < 4.78 is 5.25. The molecule has 2 aromatic carbocycles. The Hall–Kier alpha value is -3.49. The molecular formula is C29H28N4O2S2. The van der Waals surface area contributed by atoms with E-state index in [9.17, 15) is 4.79 Å². The van der Waals surface area contributed by atoms with Crippen molar-refractivity contribution in [1.29, 1.82) is 0 Å². The summed E-state index contributed by atoms with van der Waals surface area (Å²) in [6.07, 6.45) is 5.22. The maximum atomic E-state index is 13.5. The Morgan fingerprint density at radius 3 is 2.46 bits per heavy atom. The van der Waals surface area contributed by atoms with Gasteiger partial charge in [-0.25, -0.2) is 9.98 Å². The molecule has 1 atom stereocenters. The number of thiazole rings is 1. The van der Waals surface area contributed by atoms with E-state index in [2.05, 4.69) is 17.5 Å². The van der Waals surface area contributed by atoms with E-state index in [1.54, 1.807) is 42.7 Å². The van der Waals surface area contributed by atoms with Crippen LogP contribution in [0.5, 0.6) is 5.75 Å². The first kappa shape index (κ1) is 23.9. The van der Waals surface area contributed by atoms with Crippen molar-refractivity contribution >= 4 is 45.0 Å².